The van der Waals surface area contributed by atoms with Gasteiger partial charge in [-0.2, -0.15) is 0 Å². The van der Waals surface area contributed by atoms with Gasteiger partial charge in [0.25, 0.3) is 0 Å². The van der Waals surface area contributed by atoms with Crippen LogP contribution in [0.2, 0.25) is 0 Å². The molecular formula is C15H20ClNOS. The quantitative estimate of drug-likeness (QED) is 0.783. The van der Waals surface area contributed by atoms with Gasteiger partial charge in [-0.15, -0.1) is 23.4 Å². The molecule has 0 aliphatic carbocycles. The van der Waals surface area contributed by atoms with Crippen LogP contribution < -0.4 is 0 Å². The fourth-order valence-corrected chi connectivity index (χ4v) is 3.71. The Hall–Kier alpha value is -0.670. The molecule has 1 atom stereocenters. The zero-order valence-corrected chi connectivity index (χ0v) is 13.0. The number of thioether (sulfide) groups is 1. The van der Waals surface area contributed by atoms with Crippen LogP contribution in [-0.4, -0.2) is 29.0 Å². The number of hydrogen-bond acceptors (Lipinski definition) is 2. The van der Waals surface area contributed by atoms with Gasteiger partial charge in [0.05, 0.1) is 0 Å². The second-order valence-electron chi connectivity index (χ2n) is 5.07. The third-order valence-corrected chi connectivity index (χ3v) is 4.86. The van der Waals surface area contributed by atoms with E-state index in [-0.39, 0.29) is 11.3 Å². The molecule has 0 N–H and O–H groups in total. The van der Waals surface area contributed by atoms with Crippen molar-refractivity contribution in [2.75, 3.05) is 18.2 Å². The van der Waals surface area contributed by atoms with Crippen molar-refractivity contribution in [2.45, 2.75) is 31.6 Å². The highest BCUT2D eigenvalue weighted by atomic mass is 35.5. The third-order valence-electron chi connectivity index (χ3n) is 3.41. The number of alkyl halides is 1. The molecule has 1 saturated heterocycles. The first-order valence-corrected chi connectivity index (χ1v) is 8.28. The fourth-order valence-electron chi connectivity index (χ4n) is 2.27. The van der Waals surface area contributed by atoms with Gasteiger partial charge in [-0.3, -0.25) is 4.79 Å². The zero-order chi connectivity index (χ0) is 13.8. The van der Waals surface area contributed by atoms with E-state index in [2.05, 4.69) is 38.1 Å². The van der Waals surface area contributed by atoms with E-state index in [4.69, 9.17) is 11.6 Å². The molecule has 104 valence electrons. The maximum Gasteiger partial charge on any atom is 0.224 e. The Balaban J connectivity index is 2.13. The summed E-state index contributed by atoms with van der Waals surface area (Å²) in [5.74, 6) is 2.11. The van der Waals surface area contributed by atoms with Crippen LogP contribution in [0, 0.1) is 0 Å². The van der Waals surface area contributed by atoms with Gasteiger partial charge < -0.3 is 4.90 Å². The molecule has 0 radical (unpaired) electrons. The van der Waals surface area contributed by atoms with E-state index in [0.29, 0.717) is 18.2 Å². The first kappa shape index (κ1) is 14.7. The molecule has 2 rings (SSSR count). The minimum Gasteiger partial charge on any atom is -0.326 e. The molecule has 1 heterocycles. The smallest absolute Gasteiger partial charge is 0.224 e. The molecule has 1 unspecified atom stereocenters. The van der Waals surface area contributed by atoms with Crippen LogP contribution in [0.5, 0.6) is 0 Å². The highest BCUT2D eigenvalue weighted by Crippen LogP contribution is 2.38. The lowest BCUT2D eigenvalue weighted by Crippen LogP contribution is -2.30. The van der Waals surface area contributed by atoms with Gasteiger partial charge >= 0.3 is 0 Å². The van der Waals surface area contributed by atoms with Crippen molar-refractivity contribution in [1.29, 1.82) is 0 Å². The van der Waals surface area contributed by atoms with Crippen LogP contribution in [0.1, 0.15) is 42.7 Å². The standard InChI is InChI=1S/C15H20ClNOS/c1-11(2)12-3-5-13(6-4-12)15-17(9-10-19-15)14(18)7-8-16/h3-6,11,15H,7-10H2,1-2H3. The second kappa shape index (κ2) is 6.67. The van der Waals surface area contributed by atoms with Crippen LogP contribution in [0.25, 0.3) is 0 Å². The first-order chi connectivity index (χ1) is 9.13. The lowest BCUT2D eigenvalue weighted by Gasteiger charge is -2.24. The number of rotatable bonds is 4. The molecule has 19 heavy (non-hydrogen) atoms. The Labute approximate surface area is 124 Å². The average molecular weight is 298 g/mol. The van der Waals surface area contributed by atoms with Crippen molar-refractivity contribution in [1.82, 2.24) is 4.90 Å². The summed E-state index contributed by atoms with van der Waals surface area (Å²) in [6.07, 6.45) is 0.433. The molecule has 1 aliphatic heterocycles. The van der Waals surface area contributed by atoms with Crippen LogP contribution in [0.15, 0.2) is 24.3 Å². The summed E-state index contributed by atoms with van der Waals surface area (Å²) in [5.41, 5.74) is 2.56. The van der Waals surface area contributed by atoms with Crippen molar-refractivity contribution >= 4 is 29.3 Å². The third kappa shape index (κ3) is 3.46. The lowest BCUT2D eigenvalue weighted by atomic mass is 10.0. The summed E-state index contributed by atoms with van der Waals surface area (Å²) >= 11 is 7.50. The first-order valence-electron chi connectivity index (χ1n) is 6.70. The Morgan fingerprint density at radius 1 is 1.42 bits per heavy atom. The SMILES string of the molecule is CC(C)c1ccc(C2SCCN2C(=O)CCCl)cc1. The molecule has 0 bridgehead atoms. The molecule has 1 aliphatic rings. The summed E-state index contributed by atoms with van der Waals surface area (Å²) < 4.78 is 0. The van der Waals surface area contributed by atoms with Crippen LogP contribution in [0.3, 0.4) is 0 Å². The Bertz CT molecular complexity index is 432. The lowest BCUT2D eigenvalue weighted by molar-refractivity contribution is -0.130. The van der Waals surface area contributed by atoms with Gasteiger partial charge in [0.15, 0.2) is 0 Å². The molecule has 1 aromatic carbocycles. The molecule has 2 nitrogen and oxygen atoms in total. The fraction of sp³-hybridized carbons (Fsp3) is 0.533. The molecular weight excluding hydrogens is 278 g/mol. The predicted octanol–water partition coefficient (Wildman–Crippen LogP) is 4.01. The van der Waals surface area contributed by atoms with E-state index in [1.165, 1.54) is 11.1 Å². The van der Waals surface area contributed by atoms with E-state index in [1.54, 1.807) is 0 Å². The summed E-state index contributed by atoms with van der Waals surface area (Å²) in [7, 11) is 0. The van der Waals surface area contributed by atoms with Crippen molar-refractivity contribution in [2.24, 2.45) is 0 Å². The summed E-state index contributed by atoms with van der Waals surface area (Å²) in [6.45, 7) is 5.21. The van der Waals surface area contributed by atoms with Crippen molar-refractivity contribution < 1.29 is 4.79 Å². The number of hydrogen-bond donors (Lipinski definition) is 0. The Morgan fingerprint density at radius 3 is 2.68 bits per heavy atom. The molecule has 1 fully saturated rings. The topological polar surface area (TPSA) is 20.3 Å². The number of carbonyl (C=O) groups is 1. The molecule has 1 aromatic rings. The van der Waals surface area contributed by atoms with Crippen LogP contribution >= 0.6 is 23.4 Å². The number of amides is 1. The summed E-state index contributed by atoms with van der Waals surface area (Å²) in [4.78, 5) is 14.0. The van der Waals surface area contributed by atoms with E-state index in [9.17, 15) is 4.79 Å². The van der Waals surface area contributed by atoms with Gasteiger partial charge in [0.2, 0.25) is 5.91 Å². The van der Waals surface area contributed by atoms with E-state index >= 15 is 0 Å². The van der Waals surface area contributed by atoms with E-state index in [0.717, 1.165) is 12.3 Å². The van der Waals surface area contributed by atoms with Gasteiger partial charge in [0.1, 0.15) is 5.37 Å². The van der Waals surface area contributed by atoms with Gasteiger partial charge in [-0.05, 0) is 17.0 Å². The van der Waals surface area contributed by atoms with E-state index < -0.39 is 0 Å². The average Bonchev–Trinajstić information content (AvgIpc) is 2.88. The zero-order valence-electron chi connectivity index (χ0n) is 11.4. The van der Waals surface area contributed by atoms with Gasteiger partial charge in [-0.25, -0.2) is 0 Å². The van der Waals surface area contributed by atoms with Crippen molar-refractivity contribution in [3.8, 4) is 0 Å². The van der Waals surface area contributed by atoms with Crippen LogP contribution in [0.4, 0.5) is 0 Å². The second-order valence-corrected chi connectivity index (χ2v) is 6.64. The molecule has 0 saturated carbocycles. The Kier molecular flexibility index (Phi) is 5.17. The van der Waals surface area contributed by atoms with Crippen molar-refractivity contribution in [3.05, 3.63) is 35.4 Å². The largest absolute Gasteiger partial charge is 0.326 e. The Morgan fingerprint density at radius 2 is 2.11 bits per heavy atom. The maximum atomic E-state index is 12.0. The number of nitrogens with zero attached hydrogens (tertiary/aromatic N) is 1. The molecule has 0 spiro atoms. The minimum atomic E-state index is 0.164. The number of benzene rings is 1. The van der Waals surface area contributed by atoms with Crippen LogP contribution in [-0.2, 0) is 4.79 Å². The van der Waals surface area contributed by atoms with Gasteiger partial charge in [0, 0.05) is 24.6 Å². The highest BCUT2D eigenvalue weighted by molar-refractivity contribution is 7.99. The van der Waals surface area contributed by atoms with E-state index in [1.807, 2.05) is 16.7 Å². The van der Waals surface area contributed by atoms with Gasteiger partial charge in [-0.1, -0.05) is 38.1 Å². The molecule has 4 heteroatoms. The predicted molar refractivity (Wildman–Crippen MR) is 82.8 cm³/mol. The minimum absolute atomic E-state index is 0.164. The monoisotopic (exact) mass is 297 g/mol. The summed E-state index contributed by atoms with van der Waals surface area (Å²) in [5, 5.41) is 0.164. The highest BCUT2D eigenvalue weighted by Gasteiger charge is 2.29. The normalized spacial score (nSPS) is 19.2. The number of halogens is 1. The van der Waals surface area contributed by atoms with Crippen molar-refractivity contribution in [3.63, 3.8) is 0 Å². The number of carbonyl (C=O) groups excluding carboxylic acids is 1. The summed E-state index contributed by atoms with van der Waals surface area (Å²) in [6, 6.07) is 8.64. The maximum absolute atomic E-state index is 12.0. The molecule has 1 amide bonds. The molecule has 0 aromatic heterocycles.